The van der Waals surface area contributed by atoms with E-state index in [0.29, 0.717) is 0 Å². The summed E-state index contributed by atoms with van der Waals surface area (Å²) in [7, 11) is 1.77. The van der Waals surface area contributed by atoms with E-state index in [0.717, 1.165) is 32.5 Å². The van der Waals surface area contributed by atoms with Crippen LogP contribution in [0.2, 0.25) is 0 Å². The van der Waals surface area contributed by atoms with Crippen LogP contribution >= 0.6 is 0 Å². The first kappa shape index (κ1) is 16.1. The van der Waals surface area contributed by atoms with Crippen molar-refractivity contribution in [3.05, 3.63) is 36.0 Å². The van der Waals surface area contributed by atoms with Crippen molar-refractivity contribution in [3.8, 4) is 0 Å². The molecule has 0 saturated heterocycles. The van der Waals surface area contributed by atoms with E-state index in [4.69, 9.17) is 4.74 Å². The van der Waals surface area contributed by atoms with Crippen molar-refractivity contribution in [3.63, 3.8) is 0 Å². The van der Waals surface area contributed by atoms with Crippen molar-refractivity contribution in [2.24, 2.45) is 0 Å². The Bertz CT molecular complexity index is 566. The van der Waals surface area contributed by atoms with Crippen LogP contribution in [0.5, 0.6) is 0 Å². The fourth-order valence-electron chi connectivity index (χ4n) is 2.55. The van der Waals surface area contributed by atoms with Crippen molar-refractivity contribution in [2.45, 2.75) is 52.2 Å². The molecule has 0 aliphatic rings. The van der Waals surface area contributed by atoms with E-state index in [-0.39, 0.29) is 5.54 Å². The highest BCUT2D eigenvalue weighted by atomic mass is 16.5. The maximum Gasteiger partial charge on any atom is 0.0482 e. The number of methoxy groups -OCH3 is 1. The van der Waals surface area contributed by atoms with Gasteiger partial charge in [0.25, 0.3) is 0 Å². The third-order valence-corrected chi connectivity index (χ3v) is 3.68. The Balaban J connectivity index is 2.17. The number of unbranched alkanes of at least 4 members (excludes halogenated alkanes) is 1. The van der Waals surface area contributed by atoms with Crippen molar-refractivity contribution < 1.29 is 4.74 Å². The minimum Gasteiger partial charge on any atom is -0.385 e. The van der Waals surface area contributed by atoms with Crippen LogP contribution in [0.4, 0.5) is 0 Å². The lowest BCUT2D eigenvalue weighted by Crippen LogP contribution is -2.35. The summed E-state index contributed by atoms with van der Waals surface area (Å²) in [6, 6.07) is 11.0. The molecule has 0 aliphatic heterocycles. The molecule has 0 bridgehead atoms. The zero-order valence-electron chi connectivity index (χ0n) is 13.8. The van der Waals surface area contributed by atoms with E-state index in [2.05, 4.69) is 61.0 Å². The second-order valence-electron chi connectivity index (χ2n) is 6.65. The number of aryl methyl sites for hydroxylation is 1. The summed E-state index contributed by atoms with van der Waals surface area (Å²) >= 11 is 0. The van der Waals surface area contributed by atoms with Crippen LogP contribution in [-0.2, 0) is 17.8 Å². The molecule has 2 rings (SSSR count). The fraction of sp³-hybridized carbons (Fsp3) is 0.556. The molecule has 0 spiro atoms. The fourth-order valence-corrected chi connectivity index (χ4v) is 2.55. The van der Waals surface area contributed by atoms with Crippen molar-refractivity contribution in [1.29, 1.82) is 0 Å². The molecule has 1 aromatic carbocycles. The summed E-state index contributed by atoms with van der Waals surface area (Å²) in [5, 5.41) is 4.92. The Morgan fingerprint density at radius 3 is 2.62 bits per heavy atom. The molecule has 0 amide bonds. The van der Waals surface area contributed by atoms with Gasteiger partial charge in [0.1, 0.15) is 0 Å². The molecule has 1 N–H and O–H groups in total. The summed E-state index contributed by atoms with van der Waals surface area (Å²) in [6.45, 7) is 9.42. The number of nitrogens with one attached hydrogen (secondary N) is 1. The van der Waals surface area contributed by atoms with Gasteiger partial charge in [-0.2, -0.15) is 0 Å². The SMILES string of the molecule is COCCCCn1c(CNC(C)(C)C)cc2ccccc21. The van der Waals surface area contributed by atoms with Crippen LogP contribution < -0.4 is 5.32 Å². The number of benzene rings is 1. The number of hydrogen-bond donors (Lipinski definition) is 1. The highest BCUT2D eigenvalue weighted by Gasteiger charge is 2.12. The van der Waals surface area contributed by atoms with Gasteiger partial charge in [-0.05, 0) is 51.1 Å². The predicted molar refractivity (Wildman–Crippen MR) is 89.6 cm³/mol. The number of rotatable bonds is 7. The highest BCUT2D eigenvalue weighted by molar-refractivity contribution is 5.81. The van der Waals surface area contributed by atoms with Gasteiger partial charge >= 0.3 is 0 Å². The van der Waals surface area contributed by atoms with E-state index < -0.39 is 0 Å². The van der Waals surface area contributed by atoms with Crippen LogP contribution in [0, 0.1) is 0 Å². The van der Waals surface area contributed by atoms with E-state index >= 15 is 0 Å². The van der Waals surface area contributed by atoms with Crippen molar-refractivity contribution in [2.75, 3.05) is 13.7 Å². The molecule has 0 saturated carbocycles. The van der Waals surface area contributed by atoms with Gasteiger partial charge in [0.2, 0.25) is 0 Å². The molecule has 0 unspecified atom stereocenters. The maximum absolute atomic E-state index is 5.15. The van der Waals surface area contributed by atoms with Crippen LogP contribution in [-0.4, -0.2) is 23.8 Å². The average Bonchev–Trinajstić information content (AvgIpc) is 2.79. The first-order valence-electron chi connectivity index (χ1n) is 7.82. The van der Waals surface area contributed by atoms with Crippen LogP contribution in [0.3, 0.4) is 0 Å². The van der Waals surface area contributed by atoms with Gasteiger partial charge in [0.05, 0.1) is 0 Å². The van der Waals surface area contributed by atoms with E-state index in [9.17, 15) is 0 Å². The lowest BCUT2D eigenvalue weighted by Gasteiger charge is -2.21. The quantitative estimate of drug-likeness (QED) is 0.781. The lowest BCUT2D eigenvalue weighted by atomic mass is 10.1. The van der Waals surface area contributed by atoms with E-state index in [1.807, 2.05) is 0 Å². The Kier molecular flexibility index (Phi) is 5.43. The minimum atomic E-state index is 0.136. The normalized spacial score (nSPS) is 12.2. The third kappa shape index (κ3) is 4.58. The zero-order valence-corrected chi connectivity index (χ0v) is 13.8. The molecule has 0 atom stereocenters. The summed E-state index contributed by atoms with van der Waals surface area (Å²) in [6.07, 6.45) is 2.25. The summed E-state index contributed by atoms with van der Waals surface area (Å²) < 4.78 is 7.60. The number of nitrogens with zero attached hydrogens (tertiary/aromatic N) is 1. The summed E-state index contributed by atoms with van der Waals surface area (Å²) in [4.78, 5) is 0. The molecule has 0 fully saturated rings. The van der Waals surface area contributed by atoms with Gasteiger partial charge in [0, 0.05) is 43.6 Å². The number of fused-ring (bicyclic) bond motifs is 1. The van der Waals surface area contributed by atoms with Crippen LogP contribution in [0.1, 0.15) is 39.3 Å². The maximum atomic E-state index is 5.15. The third-order valence-electron chi connectivity index (χ3n) is 3.68. The molecule has 1 heterocycles. The number of hydrogen-bond acceptors (Lipinski definition) is 2. The standard InChI is InChI=1S/C18H28N2O/c1-18(2,3)19-14-16-13-15-9-5-6-10-17(15)20(16)11-7-8-12-21-4/h5-6,9-10,13,19H,7-8,11-12,14H2,1-4H3. The molecular weight excluding hydrogens is 260 g/mol. The zero-order chi connectivity index (χ0) is 15.3. The van der Waals surface area contributed by atoms with Gasteiger partial charge < -0.3 is 14.6 Å². The highest BCUT2D eigenvalue weighted by Crippen LogP contribution is 2.21. The van der Waals surface area contributed by atoms with E-state index in [1.54, 1.807) is 7.11 Å². The number of ether oxygens (including phenoxy) is 1. The van der Waals surface area contributed by atoms with E-state index in [1.165, 1.54) is 16.6 Å². The Labute approximate surface area is 128 Å². The number of para-hydroxylation sites is 1. The second-order valence-corrected chi connectivity index (χ2v) is 6.65. The van der Waals surface area contributed by atoms with Crippen molar-refractivity contribution >= 4 is 10.9 Å². The molecule has 116 valence electrons. The topological polar surface area (TPSA) is 26.2 Å². The van der Waals surface area contributed by atoms with Gasteiger partial charge in [-0.3, -0.25) is 0 Å². The molecular formula is C18H28N2O. The molecule has 3 nitrogen and oxygen atoms in total. The molecule has 2 aromatic rings. The van der Waals surface area contributed by atoms with Gasteiger partial charge in [-0.1, -0.05) is 18.2 Å². The van der Waals surface area contributed by atoms with Crippen LogP contribution in [0.25, 0.3) is 10.9 Å². The molecule has 3 heteroatoms. The summed E-state index contributed by atoms with van der Waals surface area (Å²) in [5.41, 5.74) is 2.83. The molecule has 0 radical (unpaired) electrons. The average molecular weight is 288 g/mol. The number of aromatic nitrogens is 1. The van der Waals surface area contributed by atoms with Crippen LogP contribution in [0.15, 0.2) is 30.3 Å². The van der Waals surface area contributed by atoms with Gasteiger partial charge in [-0.25, -0.2) is 0 Å². The monoisotopic (exact) mass is 288 g/mol. The second kappa shape index (κ2) is 7.10. The van der Waals surface area contributed by atoms with Gasteiger partial charge in [0.15, 0.2) is 0 Å². The lowest BCUT2D eigenvalue weighted by molar-refractivity contribution is 0.191. The molecule has 0 aliphatic carbocycles. The van der Waals surface area contributed by atoms with Gasteiger partial charge in [-0.15, -0.1) is 0 Å². The Morgan fingerprint density at radius 1 is 1.14 bits per heavy atom. The largest absolute Gasteiger partial charge is 0.385 e. The smallest absolute Gasteiger partial charge is 0.0482 e. The molecule has 1 aromatic heterocycles. The van der Waals surface area contributed by atoms with Crippen molar-refractivity contribution in [1.82, 2.24) is 9.88 Å². The predicted octanol–water partition coefficient (Wildman–Crippen LogP) is 3.96. The summed E-state index contributed by atoms with van der Waals surface area (Å²) in [5.74, 6) is 0. The molecule has 21 heavy (non-hydrogen) atoms. The first-order chi connectivity index (χ1) is 10.0. The first-order valence-corrected chi connectivity index (χ1v) is 7.82. The Morgan fingerprint density at radius 2 is 1.90 bits per heavy atom. The minimum absolute atomic E-state index is 0.136. The Hall–Kier alpha value is -1.32.